The SMILES string of the molecule is O=NN(O)C(=C1[NH2+]CC[NH2+]1)N(O)N=O. The number of rotatable bonds is 4. The lowest BCUT2D eigenvalue weighted by molar-refractivity contribution is -0.716. The van der Waals surface area contributed by atoms with Gasteiger partial charge in [0.2, 0.25) is 0 Å². The van der Waals surface area contributed by atoms with Crippen molar-refractivity contribution < 1.29 is 21.0 Å². The molecule has 14 heavy (non-hydrogen) atoms. The van der Waals surface area contributed by atoms with Gasteiger partial charge in [-0.2, -0.15) is 0 Å². The predicted molar refractivity (Wildman–Crippen MR) is 39.5 cm³/mol. The Hall–Kier alpha value is -1.62. The Morgan fingerprint density at radius 2 is 1.57 bits per heavy atom. The fourth-order valence-corrected chi connectivity index (χ4v) is 1.13. The van der Waals surface area contributed by atoms with Crippen molar-refractivity contribution in [1.29, 1.82) is 0 Å². The molecule has 1 aliphatic rings. The minimum atomic E-state index is -0.479. The van der Waals surface area contributed by atoms with E-state index >= 15 is 0 Å². The van der Waals surface area contributed by atoms with Crippen molar-refractivity contribution in [2.75, 3.05) is 13.1 Å². The zero-order chi connectivity index (χ0) is 10.6. The maximum absolute atomic E-state index is 10.0. The van der Waals surface area contributed by atoms with E-state index < -0.39 is 5.82 Å². The Morgan fingerprint density at radius 3 is 1.93 bits per heavy atom. The molecule has 0 aromatic heterocycles. The third kappa shape index (κ3) is 2.00. The van der Waals surface area contributed by atoms with Crippen LogP contribution in [-0.2, 0) is 0 Å². The minimum absolute atomic E-state index is 0.158. The van der Waals surface area contributed by atoms with Gasteiger partial charge in [0.05, 0.1) is 10.6 Å². The first kappa shape index (κ1) is 10.5. The summed E-state index contributed by atoms with van der Waals surface area (Å²) in [6, 6.07) is 0. The Morgan fingerprint density at radius 1 is 1.14 bits per heavy atom. The molecule has 1 saturated heterocycles. The second-order valence-corrected chi connectivity index (χ2v) is 2.51. The first-order valence-electron chi connectivity index (χ1n) is 3.76. The van der Waals surface area contributed by atoms with Crippen LogP contribution in [0, 0.1) is 9.81 Å². The van der Waals surface area contributed by atoms with Crippen molar-refractivity contribution in [3.8, 4) is 0 Å². The van der Waals surface area contributed by atoms with E-state index in [0.717, 1.165) is 0 Å². The molecule has 1 rings (SSSR count). The van der Waals surface area contributed by atoms with Crippen molar-refractivity contribution in [2.24, 2.45) is 10.6 Å². The Labute approximate surface area is 77.6 Å². The van der Waals surface area contributed by atoms with E-state index in [1.165, 1.54) is 0 Å². The van der Waals surface area contributed by atoms with Gasteiger partial charge in [-0.05, 0) is 0 Å². The van der Waals surface area contributed by atoms with Crippen molar-refractivity contribution in [3.63, 3.8) is 0 Å². The normalized spacial score (nSPS) is 15.1. The van der Waals surface area contributed by atoms with E-state index in [-0.39, 0.29) is 10.3 Å². The van der Waals surface area contributed by atoms with Crippen molar-refractivity contribution in [2.45, 2.75) is 0 Å². The highest BCUT2D eigenvalue weighted by Crippen LogP contribution is 2.06. The molecule has 0 aromatic carbocycles. The van der Waals surface area contributed by atoms with Crippen LogP contribution in [0.25, 0.3) is 0 Å². The second-order valence-electron chi connectivity index (χ2n) is 2.51. The molecule has 1 aliphatic heterocycles. The average molecular weight is 206 g/mol. The van der Waals surface area contributed by atoms with Crippen LogP contribution in [0.1, 0.15) is 0 Å². The van der Waals surface area contributed by atoms with Gasteiger partial charge in [0.1, 0.15) is 13.1 Å². The van der Waals surface area contributed by atoms with Gasteiger partial charge in [0.25, 0.3) is 0 Å². The largest absolute Gasteiger partial charge is 0.338 e. The van der Waals surface area contributed by atoms with Gasteiger partial charge in [0, 0.05) is 0 Å². The summed E-state index contributed by atoms with van der Waals surface area (Å²) < 4.78 is 0. The van der Waals surface area contributed by atoms with Gasteiger partial charge < -0.3 is 0 Å². The van der Waals surface area contributed by atoms with Crippen LogP contribution in [-0.4, -0.2) is 33.8 Å². The van der Waals surface area contributed by atoms with Gasteiger partial charge in [0.15, 0.2) is 0 Å². The van der Waals surface area contributed by atoms with Crippen molar-refractivity contribution in [1.82, 2.24) is 10.3 Å². The van der Waals surface area contributed by atoms with E-state index in [1.54, 1.807) is 10.6 Å². The molecule has 1 fully saturated rings. The molecule has 0 spiro atoms. The molecule has 10 nitrogen and oxygen atoms in total. The number of quaternary nitrogens is 2. The molecule has 0 unspecified atom stereocenters. The maximum atomic E-state index is 10.0. The van der Waals surface area contributed by atoms with Gasteiger partial charge in [-0.15, -0.1) is 9.81 Å². The fourth-order valence-electron chi connectivity index (χ4n) is 1.13. The third-order valence-corrected chi connectivity index (χ3v) is 1.69. The molecule has 6 N–H and O–H groups in total. The summed E-state index contributed by atoms with van der Waals surface area (Å²) in [5.41, 5.74) is 0. The molecule has 1 heterocycles. The Balaban J connectivity index is 2.95. The molecule has 0 aromatic rings. The molecule has 0 amide bonds. The fraction of sp³-hybridized carbons (Fsp3) is 0.500. The van der Waals surface area contributed by atoms with Gasteiger partial charge in [-0.3, -0.25) is 21.0 Å². The molecule has 0 radical (unpaired) electrons. The summed E-state index contributed by atoms with van der Waals surface area (Å²) >= 11 is 0. The molecular weight excluding hydrogens is 196 g/mol. The predicted octanol–water partition coefficient (Wildman–Crippen LogP) is -3.00. The topological polar surface area (TPSA) is 139 Å². The molecule has 0 bridgehead atoms. The van der Waals surface area contributed by atoms with Crippen molar-refractivity contribution in [3.05, 3.63) is 21.5 Å². The smallest absolute Gasteiger partial charge is 0.263 e. The standard InChI is InChI=1S/C4H8N6O4/c11-7-9(13)4(10(14)8-12)3-5-1-2-6-3/h5-6,13-14H,1-2H2/p+2. The molecular formula is C4H10N6O4+2. The van der Waals surface area contributed by atoms with E-state index in [2.05, 4.69) is 10.6 Å². The average Bonchev–Trinajstić information content (AvgIpc) is 2.70. The van der Waals surface area contributed by atoms with Crippen LogP contribution < -0.4 is 10.6 Å². The summed E-state index contributed by atoms with van der Waals surface area (Å²) in [4.78, 5) is 20.0. The monoisotopic (exact) mass is 206 g/mol. The first-order valence-corrected chi connectivity index (χ1v) is 3.76. The van der Waals surface area contributed by atoms with Crippen LogP contribution >= 0.6 is 0 Å². The van der Waals surface area contributed by atoms with E-state index in [9.17, 15) is 9.81 Å². The zero-order valence-electron chi connectivity index (χ0n) is 7.07. The zero-order valence-corrected chi connectivity index (χ0v) is 7.07. The van der Waals surface area contributed by atoms with Gasteiger partial charge >= 0.3 is 11.6 Å². The van der Waals surface area contributed by atoms with Crippen LogP contribution in [0.3, 0.4) is 0 Å². The minimum Gasteiger partial charge on any atom is -0.263 e. The number of hydrogen-bond acceptors (Lipinski definition) is 6. The third-order valence-electron chi connectivity index (χ3n) is 1.69. The lowest BCUT2D eigenvalue weighted by atomic mass is 10.6. The summed E-state index contributed by atoms with van der Waals surface area (Å²) in [7, 11) is 0. The van der Waals surface area contributed by atoms with Crippen LogP contribution in [0.4, 0.5) is 0 Å². The highest BCUT2D eigenvalue weighted by Gasteiger charge is 2.31. The summed E-state index contributed by atoms with van der Waals surface area (Å²) in [6.07, 6.45) is 0. The van der Waals surface area contributed by atoms with Gasteiger partial charge in [-0.25, -0.2) is 0 Å². The highest BCUT2D eigenvalue weighted by atomic mass is 16.6. The maximum Gasteiger partial charge on any atom is 0.338 e. The lowest BCUT2D eigenvalue weighted by Crippen LogP contribution is -2.92. The molecule has 78 valence electrons. The highest BCUT2D eigenvalue weighted by molar-refractivity contribution is 4.92. The summed E-state index contributed by atoms with van der Waals surface area (Å²) in [5, 5.41) is 25.1. The first-order chi connectivity index (χ1) is 6.70. The summed E-state index contributed by atoms with van der Waals surface area (Å²) in [6.45, 7) is 1.39. The number of hydrogen-bond donors (Lipinski definition) is 4. The number of nitrogens with zero attached hydrogens (tertiary/aromatic N) is 4. The summed E-state index contributed by atoms with van der Waals surface area (Å²) in [5.74, 6) is -0.151. The van der Waals surface area contributed by atoms with Crippen LogP contribution in [0.15, 0.2) is 22.2 Å². The molecule has 0 aliphatic carbocycles. The van der Waals surface area contributed by atoms with Crippen molar-refractivity contribution >= 4 is 0 Å². The molecule has 10 heteroatoms. The van der Waals surface area contributed by atoms with Crippen LogP contribution in [0.2, 0.25) is 0 Å². The number of nitrogens with two attached hydrogens (primary N) is 2. The quantitative estimate of drug-likeness (QED) is 0.285. The van der Waals surface area contributed by atoms with E-state index in [1.807, 2.05) is 0 Å². The van der Waals surface area contributed by atoms with E-state index in [4.69, 9.17) is 10.4 Å². The number of hydroxylamine groups is 2. The molecule has 0 atom stereocenters. The van der Waals surface area contributed by atoms with Crippen LogP contribution in [0.5, 0.6) is 0 Å². The lowest BCUT2D eigenvalue weighted by Gasteiger charge is -2.11. The number of nitroso groups, excluding NO2 is 2. The van der Waals surface area contributed by atoms with E-state index in [0.29, 0.717) is 18.9 Å². The van der Waals surface area contributed by atoms with Gasteiger partial charge in [-0.1, -0.05) is 10.3 Å². The molecule has 0 saturated carbocycles. The second kappa shape index (κ2) is 4.57. The Kier molecular flexibility index (Phi) is 3.41. The Bertz CT molecular complexity index is 243.